The van der Waals surface area contributed by atoms with Crippen molar-refractivity contribution in [2.75, 3.05) is 41.3 Å². The Hall–Kier alpha value is -5.26. The second kappa shape index (κ2) is 14.4. The normalized spacial score (nSPS) is 10.2. The first-order valence-electron chi connectivity index (χ1n) is 13.0. The molecule has 0 atom stereocenters. The van der Waals surface area contributed by atoms with Gasteiger partial charge in [-0.15, -0.1) is 0 Å². The molecule has 220 valence electrons. The minimum atomic E-state index is -0.462. The van der Waals surface area contributed by atoms with E-state index < -0.39 is 11.8 Å². The fourth-order valence-corrected chi connectivity index (χ4v) is 3.28. The smallest absolute Gasteiger partial charge is 0.290 e. The maximum absolute atomic E-state index is 11.9. The molecule has 0 aliphatic carbocycles. The molecule has 0 radical (unpaired) electrons. The van der Waals surface area contributed by atoms with Crippen LogP contribution in [0.3, 0.4) is 0 Å². The summed E-state index contributed by atoms with van der Waals surface area (Å²) in [4.78, 5) is 49.3. The molecule has 0 spiro atoms. The molecule has 0 fully saturated rings. The van der Waals surface area contributed by atoms with Gasteiger partial charge in [-0.25, -0.2) is 0 Å². The number of hydrogen-bond acceptors (Lipinski definition) is 8. The van der Waals surface area contributed by atoms with Crippen LogP contribution < -0.4 is 10.6 Å². The lowest BCUT2D eigenvalue weighted by molar-refractivity contribution is -0.128. The lowest BCUT2D eigenvalue weighted by atomic mass is 10.1. The van der Waals surface area contributed by atoms with Crippen LogP contribution >= 0.6 is 0 Å². The van der Waals surface area contributed by atoms with E-state index in [0.29, 0.717) is 11.5 Å². The largest absolute Gasteiger partial charge is 0.355 e. The van der Waals surface area contributed by atoms with E-state index in [2.05, 4.69) is 20.9 Å². The van der Waals surface area contributed by atoms with Gasteiger partial charge in [0.1, 0.15) is 5.69 Å². The summed E-state index contributed by atoms with van der Waals surface area (Å²) >= 11 is 0. The maximum Gasteiger partial charge on any atom is 0.290 e. The van der Waals surface area contributed by atoms with Gasteiger partial charge in [-0.1, -0.05) is 70.0 Å². The number of aryl methyl sites for hydroxylation is 2. The Morgan fingerprint density at radius 3 is 1.69 bits per heavy atom. The third-order valence-corrected chi connectivity index (χ3v) is 5.96. The predicted molar refractivity (Wildman–Crippen MR) is 155 cm³/mol. The number of aromatic nitrogens is 2. The molecule has 12 heteroatoms. The second-order valence-electron chi connectivity index (χ2n) is 9.83. The van der Waals surface area contributed by atoms with Crippen LogP contribution in [0.15, 0.2) is 69.7 Å². The fraction of sp³-hybridized carbons (Fsp3) is 0.267. The van der Waals surface area contributed by atoms with Crippen LogP contribution in [0.2, 0.25) is 0 Å². The Morgan fingerprint density at radius 2 is 1.17 bits per heavy atom. The van der Waals surface area contributed by atoms with Gasteiger partial charge in [0.05, 0.1) is 13.1 Å². The highest BCUT2D eigenvalue weighted by Gasteiger charge is 2.16. The Labute approximate surface area is 243 Å². The molecule has 0 bridgehead atoms. The minimum absolute atomic E-state index is 0.0709. The van der Waals surface area contributed by atoms with Crippen LogP contribution in [0.25, 0.3) is 22.6 Å². The number of nitrogens with zero attached hydrogens (tertiary/aromatic N) is 4. The van der Waals surface area contributed by atoms with Crippen molar-refractivity contribution in [3.05, 3.63) is 83.2 Å². The Morgan fingerprint density at radius 1 is 0.667 bits per heavy atom. The van der Waals surface area contributed by atoms with Crippen LogP contribution in [0, 0.1) is 13.8 Å². The molecular formula is C30H34N6O6. The summed E-state index contributed by atoms with van der Waals surface area (Å²) in [6, 6.07) is 18.5. The molecular weight excluding hydrogens is 540 g/mol. The van der Waals surface area contributed by atoms with Crippen LogP contribution in [0.4, 0.5) is 0 Å². The maximum atomic E-state index is 11.9. The number of rotatable bonds is 8. The monoisotopic (exact) mass is 574 g/mol. The van der Waals surface area contributed by atoms with E-state index in [1.165, 1.54) is 9.80 Å². The lowest BCUT2D eigenvalue weighted by Crippen LogP contribution is -2.36. The van der Waals surface area contributed by atoms with Crippen molar-refractivity contribution in [1.82, 2.24) is 30.7 Å². The van der Waals surface area contributed by atoms with Crippen LogP contribution in [0.1, 0.15) is 32.2 Å². The molecule has 4 aromatic rings. The summed E-state index contributed by atoms with van der Waals surface area (Å²) in [5.41, 5.74) is 4.72. The Kier molecular flexibility index (Phi) is 10.7. The topological polar surface area (TPSA) is 151 Å². The first-order chi connectivity index (χ1) is 19.9. The molecule has 0 saturated carbocycles. The van der Waals surface area contributed by atoms with Crippen molar-refractivity contribution in [1.29, 1.82) is 0 Å². The van der Waals surface area contributed by atoms with Gasteiger partial charge in [0, 0.05) is 51.5 Å². The SMILES string of the molecule is Cc1ccc(-c2cc(C(=O)NCC(=O)N(C)C)no2)cc1.Cc1ccc(-c2cc(C(=O)NCC(=O)N(C)C)on2)cc1. The number of amides is 4. The number of hydrogen-bond donors (Lipinski definition) is 2. The third-order valence-electron chi connectivity index (χ3n) is 5.96. The van der Waals surface area contributed by atoms with E-state index in [-0.39, 0.29) is 36.4 Å². The van der Waals surface area contributed by atoms with Gasteiger partial charge in [0.2, 0.25) is 17.6 Å². The van der Waals surface area contributed by atoms with Crippen molar-refractivity contribution in [2.45, 2.75) is 13.8 Å². The minimum Gasteiger partial charge on any atom is -0.355 e. The summed E-state index contributed by atoms with van der Waals surface area (Å²) in [6.07, 6.45) is 0. The van der Waals surface area contributed by atoms with E-state index >= 15 is 0 Å². The van der Waals surface area contributed by atoms with Crippen molar-refractivity contribution >= 4 is 23.6 Å². The first-order valence-corrected chi connectivity index (χ1v) is 13.0. The summed E-state index contributed by atoms with van der Waals surface area (Å²) < 4.78 is 10.2. The predicted octanol–water partition coefficient (Wildman–Crippen LogP) is 2.94. The zero-order chi connectivity index (χ0) is 30.8. The molecule has 2 aromatic carbocycles. The van der Waals surface area contributed by atoms with Gasteiger partial charge in [0.25, 0.3) is 11.8 Å². The number of nitrogens with one attached hydrogen (secondary N) is 2. The number of benzene rings is 2. The van der Waals surface area contributed by atoms with Crippen LogP contribution in [0.5, 0.6) is 0 Å². The Bertz CT molecular complexity index is 1400. The standard InChI is InChI=1S/2C15H17N3O3/c1-10-4-6-11(7-5-10)13-8-12(17-21-13)15(20)16-9-14(19)18(2)3;1-10-4-6-11(7-5-10)12-8-13(21-17-12)15(20)16-9-14(19)18(2)3/h2*4-8H,9H2,1-3H3,(H,16,20). The van der Waals surface area contributed by atoms with E-state index in [4.69, 9.17) is 9.05 Å². The zero-order valence-corrected chi connectivity index (χ0v) is 24.4. The highest BCUT2D eigenvalue weighted by molar-refractivity contribution is 5.96. The third kappa shape index (κ3) is 8.88. The molecule has 2 N–H and O–H groups in total. The first kappa shape index (κ1) is 31.3. The molecule has 12 nitrogen and oxygen atoms in total. The summed E-state index contributed by atoms with van der Waals surface area (Å²) in [6.45, 7) is 3.84. The highest BCUT2D eigenvalue weighted by atomic mass is 16.5. The van der Waals surface area contributed by atoms with Crippen LogP contribution in [-0.2, 0) is 9.59 Å². The van der Waals surface area contributed by atoms with E-state index in [1.54, 1.807) is 40.3 Å². The van der Waals surface area contributed by atoms with E-state index in [9.17, 15) is 19.2 Å². The van der Waals surface area contributed by atoms with Gasteiger partial charge < -0.3 is 29.5 Å². The van der Waals surface area contributed by atoms with Gasteiger partial charge in [-0.3, -0.25) is 19.2 Å². The molecule has 0 saturated heterocycles. The number of likely N-dealkylation sites (N-methyl/N-ethyl adjacent to an activating group) is 2. The van der Waals surface area contributed by atoms with Gasteiger partial charge in [-0.2, -0.15) is 0 Å². The molecule has 4 rings (SSSR count). The van der Waals surface area contributed by atoms with Crippen molar-refractivity contribution in [3.63, 3.8) is 0 Å². The van der Waals surface area contributed by atoms with E-state index in [1.807, 2.05) is 62.4 Å². The zero-order valence-electron chi connectivity index (χ0n) is 24.4. The molecule has 0 unspecified atom stereocenters. The van der Waals surface area contributed by atoms with Gasteiger partial charge in [-0.05, 0) is 13.8 Å². The summed E-state index contributed by atoms with van der Waals surface area (Å²) in [5.74, 6) is -0.688. The summed E-state index contributed by atoms with van der Waals surface area (Å²) in [5, 5.41) is 12.6. The lowest BCUT2D eigenvalue weighted by Gasteiger charge is -2.09. The molecule has 4 amide bonds. The quantitative estimate of drug-likeness (QED) is 0.326. The molecule has 0 aliphatic rings. The molecule has 2 heterocycles. The van der Waals surface area contributed by atoms with Gasteiger partial charge in [0.15, 0.2) is 11.5 Å². The fourth-order valence-electron chi connectivity index (χ4n) is 3.28. The number of carbonyl (C=O) groups excluding carboxylic acids is 4. The number of carbonyl (C=O) groups is 4. The molecule has 0 aliphatic heterocycles. The van der Waals surface area contributed by atoms with Crippen molar-refractivity contribution < 1.29 is 28.2 Å². The van der Waals surface area contributed by atoms with Gasteiger partial charge >= 0.3 is 0 Å². The molecule has 42 heavy (non-hydrogen) atoms. The van der Waals surface area contributed by atoms with Crippen LogP contribution in [-0.4, -0.2) is 85.0 Å². The van der Waals surface area contributed by atoms with Crippen molar-refractivity contribution in [3.8, 4) is 22.6 Å². The second-order valence-corrected chi connectivity index (χ2v) is 9.83. The molecule has 2 aromatic heterocycles. The average molecular weight is 575 g/mol. The van der Waals surface area contributed by atoms with Crippen molar-refractivity contribution in [2.24, 2.45) is 0 Å². The van der Waals surface area contributed by atoms with E-state index in [0.717, 1.165) is 22.3 Å². The Balaban J connectivity index is 0.000000230. The average Bonchev–Trinajstić information content (AvgIpc) is 3.66. The summed E-state index contributed by atoms with van der Waals surface area (Å²) in [7, 11) is 6.50. The highest BCUT2D eigenvalue weighted by Crippen LogP contribution is 2.21.